The molecule has 0 radical (unpaired) electrons. The Morgan fingerprint density at radius 1 is 1.07 bits per heavy atom. The van der Waals surface area contributed by atoms with E-state index in [4.69, 9.17) is 4.74 Å². The van der Waals surface area contributed by atoms with Gasteiger partial charge in [0.05, 0.1) is 6.61 Å². The van der Waals surface area contributed by atoms with Crippen LogP contribution in [0.2, 0.25) is 0 Å². The largest absolute Gasteiger partial charge is 0.466 e. The molecule has 0 atom stereocenters. The zero-order valence-electron chi connectivity index (χ0n) is 17.9. The lowest BCUT2D eigenvalue weighted by molar-refractivity contribution is -0.143. The molecule has 0 spiro atoms. The summed E-state index contributed by atoms with van der Waals surface area (Å²) in [6.45, 7) is 2.23. The maximum atomic E-state index is 13.2. The summed E-state index contributed by atoms with van der Waals surface area (Å²) in [6, 6.07) is 0.696. The molecule has 1 aromatic rings. The monoisotopic (exact) mass is 454 g/mol. The quantitative estimate of drug-likeness (QED) is 0.230. The number of hydrogen-bond acceptors (Lipinski definition) is 7. The summed E-state index contributed by atoms with van der Waals surface area (Å²) in [5.74, 6) is 0.617. The normalized spacial score (nSPS) is 18.2. The molecule has 168 valence electrons. The highest BCUT2D eigenvalue weighted by atomic mass is 32.2. The summed E-state index contributed by atoms with van der Waals surface area (Å²) in [6.07, 6.45) is 13.0. The number of thioether (sulfide) groups is 1. The maximum absolute atomic E-state index is 13.2. The third-order valence-corrected chi connectivity index (χ3v) is 7.91. The van der Waals surface area contributed by atoms with Gasteiger partial charge in [-0.3, -0.25) is 10.1 Å². The Kier molecular flexibility index (Phi) is 9.71. The lowest BCUT2D eigenvalue weighted by atomic mass is 9.89. The molecule has 1 aromatic heterocycles. The van der Waals surface area contributed by atoms with Gasteiger partial charge in [-0.05, 0) is 39.0 Å². The summed E-state index contributed by atoms with van der Waals surface area (Å²) in [5.41, 5.74) is 0. The van der Waals surface area contributed by atoms with Crippen molar-refractivity contribution in [3.8, 4) is 0 Å². The van der Waals surface area contributed by atoms with Gasteiger partial charge in [0.2, 0.25) is 5.13 Å². The van der Waals surface area contributed by atoms with Crippen molar-refractivity contribution < 1.29 is 14.3 Å². The van der Waals surface area contributed by atoms with Crippen LogP contribution in [0.15, 0.2) is 4.34 Å². The fourth-order valence-corrected chi connectivity index (χ4v) is 6.18. The van der Waals surface area contributed by atoms with E-state index in [0.29, 0.717) is 30.2 Å². The van der Waals surface area contributed by atoms with Crippen molar-refractivity contribution >= 4 is 40.2 Å². The first-order valence-electron chi connectivity index (χ1n) is 11.4. The Morgan fingerprint density at radius 3 is 2.30 bits per heavy atom. The van der Waals surface area contributed by atoms with E-state index in [-0.39, 0.29) is 12.0 Å². The molecule has 3 rings (SSSR count). The number of rotatable bonds is 9. The molecule has 1 heterocycles. The van der Waals surface area contributed by atoms with E-state index < -0.39 is 0 Å². The zero-order chi connectivity index (χ0) is 21.2. The van der Waals surface area contributed by atoms with Gasteiger partial charge in [0.25, 0.3) is 0 Å². The molecule has 2 fully saturated rings. The summed E-state index contributed by atoms with van der Waals surface area (Å²) in [7, 11) is 0. The highest BCUT2D eigenvalue weighted by molar-refractivity contribution is 8.01. The van der Waals surface area contributed by atoms with Crippen LogP contribution < -0.4 is 5.32 Å². The highest BCUT2D eigenvalue weighted by Crippen LogP contribution is 2.32. The third kappa shape index (κ3) is 7.11. The van der Waals surface area contributed by atoms with Crippen molar-refractivity contribution in [2.75, 3.05) is 17.7 Å². The van der Waals surface area contributed by atoms with Crippen molar-refractivity contribution in [2.45, 2.75) is 100 Å². The molecule has 2 amide bonds. The Morgan fingerprint density at radius 2 is 1.70 bits per heavy atom. The van der Waals surface area contributed by atoms with Gasteiger partial charge >= 0.3 is 12.0 Å². The van der Waals surface area contributed by atoms with E-state index in [2.05, 4.69) is 20.4 Å². The summed E-state index contributed by atoms with van der Waals surface area (Å²) >= 11 is 2.97. The van der Waals surface area contributed by atoms with Crippen molar-refractivity contribution in [2.24, 2.45) is 0 Å². The van der Waals surface area contributed by atoms with E-state index in [1.807, 2.05) is 6.92 Å². The van der Waals surface area contributed by atoms with Crippen LogP contribution in [0.4, 0.5) is 9.93 Å². The number of ether oxygens (including phenoxy) is 1. The van der Waals surface area contributed by atoms with Crippen LogP contribution in [-0.4, -0.2) is 51.5 Å². The first-order chi connectivity index (χ1) is 14.7. The smallest absolute Gasteiger partial charge is 0.324 e. The first kappa shape index (κ1) is 23.3. The highest BCUT2D eigenvalue weighted by Gasteiger charge is 2.32. The zero-order valence-corrected chi connectivity index (χ0v) is 19.6. The van der Waals surface area contributed by atoms with E-state index >= 15 is 0 Å². The van der Waals surface area contributed by atoms with Crippen molar-refractivity contribution in [1.29, 1.82) is 0 Å². The fraction of sp³-hybridized carbons (Fsp3) is 0.810. The van der Waals surface area contributed by atoms with Gasteiger partial charge in [0.1, 0.15) is 0 Å². The molecule has 0 saturated heterocycles. The number of aromatic nitrogens is 2. The number of hydrogen-bond donors (Lipinski definition) is 1. The minimum Gasteiger partial charge on any atom is -0.466 e. The van der Waals surface area contributed by atoms with E-state index in [9.17, 15) is 9.59 Å². The molecule has 0 unspecified atom stereocenters. The van der Waals surface area contributed by atoms with Crippen LogP contribution in [0.25, 0.3) is 0 Å². The number of esters is 1. The minimum atomic E-state index is -0.158. The summed E-state index contributed by atoms with van der Waals surface area (Å²) < 4.78 is 5.75. The number of carbonyl (C=O) groups is 2. The van der Waals surface area contributed by atoms with Gasteiger partial charge in [0.15, 0.2) is 4.34 Å². The molecule has 9 heteroatoms. The summed E-state index contributed by atoms with van der Waals surface area (Å²) in [5, 5.41) is 11.9. The Hall–Kier alpha value is -1.35. The predicted octanol–water partition coefficient (Wildman–Crippen LogP) is 5.47. The van der Waals surface area contributed by atoms with Crippen molar-refractivity contribution in [1.82, 2.24) is 15.1 Å². The first-order valence-corrected chi connectivity index (χ1v) is 13.2. The van der Waals surface area contributed by atoms with E-state index in [1.165, 1.54) is 49.9 Å². The molecule has 2 aliphatic carbocycles. The predicted molar refractivity (Wildman–Crippen MR) is 121 cm³/mol. The second-order valence-corrected chi connectivity index (χ2v) is 10.4. The number of nitrogens with one attached hydrogen (secondary N) is 1. The lowest BCUT2D eigenvalue weighted by Gasteiger charge is -2.41. The molecular weight excluding hydrogens is 420 g/mol. The van der Waals surface area contributed by atoms with Gasteiger partial charge < -0.3 is 9.64 Å². The van der Waals surface area contributed by atoms with Gasteiger partial charge in [0, 0.05) is 24.3 Å². The second kappa shape index (κ2) is 12.5. The average molecular weight is 455 g/mol. The number of urea groups is 1. The van der Waals surface area contributed by atoms with Crippen LogP contribution in [0.3, 0.4) is 0 Å². The molecule has 0 aromatic carbocycles. The molecule has 2 aliphatic rings. The van der Waals surface area contributed by atoms with Crippen LogP contribution in [0, 0.1) is 0 Å². The molecule has 0 bridgehead atoms. The van der Waals surface area contributed by atoms with E-state index in [1.54, 1.807) is 11.8 Å². The standard InChI is InChI=1S/C21H34N4O3S2/c1-2-28-18(26)14-9-15-29-21-24-23-19(30-21)22-20(27)25(16-10-5-3-6-11-16)17-12-7-4-8-13-17/h16-17H,2-15H2,1H3,(H,22,23,27). The third-order valence-electron chi connectivity index (χ3n) is 5.85. The average Bonchev–Trinajstić information content (AvgIpc) is 3.20. The molecule has 2 saturated carbocycles. The number of carbonyl (C=O) groups excluding carboxylic acids is 2. The Labute approximate surface area is 187 Å². The lowest BCUT2D eigenvalue weighted by Crippen LogP contribution is -2.50. The number of anilines is 1. The van der Waals surface area contributed by atoms with Gasteiger partial charge in [-0.25, -0.2) is 4.79 Å². The minimum absolute atomic E-state index is 0.0104. The molecule has 1 N–H and O–H groups in total. The van der Waals surface area contributed by atoms with Gasteiger partial charge in [-0.2, -0.15) is 0 Å². The van der Waals surface area contributed by atoms with Crippen LogP contribution in [0.1, 0.15) is 84.0 Å². The van der Waals surface area contributed by atoms with Crippen LogP contribution in [0.5, 0.6) is 0 Å². The summed E-state index contributed by atoms with van der Waals surface area (Å²) in [4.78, 5) is 26.8. The molecule has 30 heavy (non-hydrogen) atoms. The Bertz CT molecular complexity index is 655. The molecule has 0 aliphatic heterocycles. The molecular formula is C21H34N4O3S2. The SMILES string of the molecule is CCOC(=O)CCCSc1nnc(NC(=O)N(C2CCCCC2)C2CCCCC2)s1. The fourth-order valence-electron chi connectivity index (χ4n) is 4.43. The second-order valence-electron chi connectivity index (χ2n) is 8.05. The number of amides is 2. The van der Waals surface area contributed by atoms with Gasteiger partial charge in [-0.15, -0.1) is 10.2 Å². The van der Waals surface area contributed by atoms with E-state index in [0.717, 1.165) is 42.2 Å². The Balaban J connectivity index is 1.52. The molecule has 7 nitrogen and oxygen atoms in total. The van der Waals surface area contributed by atoms with Crippen LogP contribution >= 0.6 is 23.1 Å². The van der Waals surface area contributed by atoms with Crippen molar-refractivity contribution in [3.63, 3.8) is 0 Å². The van der Waals surface area contributed by atoms with Crippen LogP contribution in [-0.2, 0) is 9.53 Å². The van der Waals surface area contributed by atoms with Gasteiger partial charge in [-0.1, -0.05) is 61.6 Å². The topological polar surface area (TPSA) is 84.4 Å². The maximum Gasteiger partial charge on any atom is 0.324 e. The number of nitrogens with zero attached hydrogens (tertiary/aromatic N) is 3. The van der Waals surface area contributed by atoms with Crippen molar-refractivity contribution in [3.05, 3.63) is 0 Å².